The number of amidine groups is 1. The van der Waals surface area contributed by atoms with Crippen LogP contribution < -0.4 is 0 Å². The highest BCUT2D eigenvalue weighted by atomic mass is 15.2. The number of allylic oxidation sites excluding steroid dienone is 2. The average molecular weight is 571 g/mol. The van der Waals surface area contributed by atoms with Gasteiger partial charge in [-0.25, -0.2) is 9.98 Å². The maximum Gasteiger partial charge on any atom is 0.159 e. The van der Waals surface area contributed by atoms with Gasteiger partial charge in [-0.1, -0.05) is 91.9 Å². The maximum absolute atomic E-state index is 5.02. The summed E-state index contributed by atoms with van der Waals surface area (Å²) < 4.78 is 2.48. The molecule has 1 aromatic heterocycles. The molecule has 0 aliphatic carbocycles. The summed E-state index contributed by atoms with van der Waals surface area (Å²) in [4.78, 5) is 11.9. The minimum atomic E-state index is 0.397. The smallest absolute Gasteiger partial charge is 0.159 e. The minimum Gasteiger partial charge on any atom is -0.316 e. The molecule has 4 heteroatoms. The normalized spacial score (nSPS) is 15.3. The van der Waals surface area contributed by atoms with Crippen molar-refractivity contribution in [2.24, 2.45) is 9.98 Å². The van der Waals surface area contributed by atoms with Gasteiger partial charge in [0.1, 0.15) is 0 Å². The van der Waals surface area contributed by atoms with Gasteiger partial charge in [0.05, 0.1) is 5.70 Å². The van der Waals surface area contributed by atoms with E-state index in [-0.39, 0.29) is 0 Å². The molecule has 222 valence electrons. The number of rotatable bonds is 8. The third-order valence-electron chi connectivity index (χ3n) is 8.19. The molecule has 0 saturated carbocycles. The Morgan fingerprint density at radius 2 is 1.56 bits per heavy atom. The fourth-order valence-corrected chi connectivity index (χ4v) is 5.93. The lowest BCUT2D eigenvalue weighted by Gasteiger charge is -2.35. The summed E-state index contributed by atoms with van der Waals surface area (Å²) in [6, 6.07) is 29.8. The van der Waals surface area contributed by atoms with Crippen molar-refractivity contribution in [1.29, 1.82) is 0 Å². The quantitative estimate of drug-likeness (QED) is 0.118. The van der Waals surface area contributed by atoms with Crippen molar-refractivity contribution < 1.29 is 0 Å². The molecule has 0 N–H and O–H groups in total. The van der Waals surface area contributed by atoms with Gasteiger partial charge in [0.15, 0.2) is 5.84 Å². The molecule has 5 rings (SSSR count). The van der Waals surface area contributed by atoms with E-state index in [0.717, 1.165) is 42.8 Å². The van der Waals surface area contributed by atoms with Gasteiger partial charge >= 0.3 is 0 Å². The van der Waals surface area contributed by atoms with Crippen LogP contribution in [0.15, 0.2) is 114 Å². The first-order chi connectivity index (χ1) is 20.9. The van der Waals surface area contributed by atoms with E-state index < -0.39 is 0 Å². The first-order valence-corrected chi connectivity index (χ1v) is 15.4. The lowest BCUT2D eigenvalue weighted by molar-refractivity contribution is 0.193. The maximum atomic E-state index is 5.02. The summed E-state index contributed by atoms with van der Waals surface area (Å²) in [5.74, 6) is 0.625. The van der Waals surface area contributed by atoms with Gasteiger partial charge < -0.3 is 4.57 Å². The summed E-state index contributed by atoms with van der Waals surface area (Å²) in [6.45, 7) is 20.5. The summed E-state index contributed by atoms with van der Waals surface area (Å²) >= 11 is 0. The molecule has 4 aromatic rings. The monoisotopic (exact) mass is 570 g/mol. The summed E-state index contributed by atoms with van der Waals surface area (Å²) in [5.41, 5.74) is 11.1. The number of hydrogen-bond donors (Lipinski definition) is 0. The van der Waals surface area contributed by atoms with Crippen LogP contribution in [0.25, 0.3) is 11.4 Å². The molecule has 0 amide bonds. The zero-order chi connectivity index (χ0) is 30.8. The molecule has 0 saturated heterocycles. The fourth-order valence-electron chi connectivity index (χ4n) is 5.93. The first kappa shape index (κ1) is 31.7. The molecule has 0 spiro atoms. The predicted octanol–water partition coefficient (Wildman–Crippen LogP) is 9.35. The highest BCUT2D eigenvalue weighted by Gasteiger charge is 2.30. The highest BCUT2D eigenvalue weighted by Crippen LogP contribution is 2.37. The third-order valence-corrected chi connectivity index (χ3v) is 8.19. The number of aliphatic imine (C=N–C) groups is 2. The Morgan fingerprint density at radius 3 is 2.16 bits per heavy atom. The van der Waals surface area contributed by atoms with Crippen molar-refractivity contribution >= 4 is 18.3 Å². The Hall–Kier alpha value is -4.28. The fraction of sp³-hybridized carbons (Fsp3) is 0.282. The van der Waals surface area contributed by atoms with Crippen LogP contribution in [0.3, 0.4) is 0 Å². The van der Waals surface area contributed by atoms with Crippen LogP contribution in [-0.4, -0.2) is 35.1 Å². The van der Waals surface area contributed by atoms with Crippen molar-refractivity contribution in [2.45, 2.75) is 59.9 Å². The largest absolute Gasteiger partial charge is 0.316 e. The predicted molar refractivity (Wildman–Crippen MR) is 186 cm³/mol. The lowest BCUT2D eigenvalue weighted by Crippen LogP contribution is -2.35. The van der Waals surface area contributed by atoms with Crippen molar-refractivity contribution in [2.75, 3.05) is 13.1 Å². The molecule has 0 fully saturated rings. The van der Waals surface area contributed by atoms with Gasteiger partial charge in [-0.05, 0) is 89.0 Å². The van der Waals surface area contributed by atoms with Crippen LogP contribution >= 0.6 is 0 Å². The molecule has 1 aliphatic heterocycles. The standard InChI is InChI=1S/C36H40N4.C3H6/c1-6-24-39-25-23-33-26(2)27(3)40(35(33)28(39)4)32-20-18-30(19-21-32)34(22-17-29-13-9-7-10-14-29)38-36(37-5)31-15-11-8-12-16-31;1-3-2/h7-16,18-22,28H,5-6,17,23-25H2,1-4H3;3H,1H2,2H3/b34-22-,38-36?;. The molecule has 4 nitrogen and oxygen atoms in total. The molecule has 1 atom stereocenters. The first-order valence-electron chi connectivity index (χ1n) is 15.4. The number of aromatic nitrogens is 1. The number of nitrogens with zero attached hydrogens (tertiary/aromatic N) is 4. The summed E-state index contributed by atoms with van der Waals surface area (Å²) in [5, 5.41) is 0. The van der Waals surface area contributed by atoms with Crippen LogP contribution in [0.2, 0.25) is 0 Å². The van der Waals surface area contributed by atoms with E-state index >= 15 is 0 Å². The molecular formula is C39H46N4. The topological polar surface area (TPSA) is 32.9 Å². The van der Waals surface area contributed by atoms with Gasteiger partial charge in [-0.15, -0.1) is 6.58 Å². The molecule has 1 aliphatic rings. The molecule has 1 unspecified atom stereocenters. The van der Waals surface area contributed by atoms with E-state index in [1.807, 2.05) is 43.3 Å². The zero-order valence-electron chi connectivity index (χ0n) is 26.6. The lowest BCUT2D eigenvalue weighted by atomic mass is 9.97. The summed E-state index contributed by atoms with van der Waals surface area (Å²) in [7, 11) is 0. The Labute approximate surface area is 258 Å². The van der Waals surface area contributed by atoms with Crippen molar-refractivity contribution in [3.8, 4) is 5.69 Å². The molecule has 0 radical (unpaired) electrons. The number of hydrogen-bond acceptors (Lipinski definition) is 2. The van der Waals surface area contributed by atoms with E-state index in [1.165, 1.54) is 40.2 Å². The number of fused-ring (bicyclic) bond motifs is 1. The van der Waals surface area contributed by atoms with E-state index in [4.69, 9.17) is 4.99 Å². The zero-order valence-corrected chi connectivity index (χ0v) is 26.6. The van der Waals surface area contributed by atoms with Gasteiger partial charge in [0.25, 0.3) is 0 Å². The van der Waals surface area contributed by atoms with E-state index in [1.54, 1.807) is 6.08 Å². The van der Waals surface area contributed by atoms with Gasteiger partial charge in [0, 0.05) is 40.8 Å². The van der Waals surface area contributed by atoms with Crippen LogP contribution in [0.5, 0.6) is 0 Å². The molecule has 2 heterocycles. The van der Waals surface area contributed by atoms with Crippen molar-refractivity contribution in [3.05, 3.63) is 143 Å². The minimum absolute atomic E-state index is 0.397. The van der Waals surface area contributed by atoms with E-state index in [9.17, 15) is 0 Å². The average Bonchev–Trinajstić information content (AvgIpc) is 3.30. The Kier molecular flexibility index (Phi) is 11.2. The second-order valence-electron chi connectivity index (χ2n) is 11.1. The molecular weight excluding hydrogens is 524 g/mol. The van der Waals surface area contributed by atoms with Crippen LogP contribution in [0.4, 0.5) is 0 Å². The molecule has 0 bridgehead atoms. The van der Waals surface area contributed by atoms with Crippen LogP contribution in [-0.2, 0) is 12.8 Å². The van der Waals surface area contributed by atoms with E-state index in [2.05, 4.69) is 110 Å². The Bertz CT molecular complexity index is 1560. The second-order valence-corrected chi connectivity index (χ2v) is 11.1. The van der Waals surface area contributed by atoms with Crippen molar-refractivity contribution in [1.82, 2.24) is 9.47 Å². The molecule has 43 heavy (non-hydrogen) atoms. The number of benzene rings is 3. The van der Waals surface area contributed by atoms with Crippen LogP contribution in [0.1, 0.15) is 72.4 Å². The van der Waals surface area contributed by atoms with E-state index in [0.29, 0.717) is 11.9 Å². The van der Waals surface area contributed by atoms with Gasteiger partial charge in [0.2, 0.25) is 0 Å². The Balaban J connectivity index is 0.00000135. The highest BCUT2D eigenvalue weighted by molar-refractivity contribution is 6.04. The third kappa shape index (κ3) is 7.39. The SMILES string of the molecule is C=CC.C=NC(=N/C(=C\Cc1ccccc1)c1ccc(-n2c(C)c(C)c3c2C(C)N(CCC)CC3)cc1)c1ccccc1. The van der Waals surface area contributed by atoms with Crippen LogP contribution in [0, 0.1) is 13.8 Å². The van der Waals surface area contributed by atoms with Crippen molar-refractivity contribution in [3.63, 3.8) is 0 Å². The summed E-state index contributed by atoms with van der Waals surface area (Å²) in [6.07, 6.45) is 7.02. The molecule has 3 aromatic carbocycles. The van der Waals surface area contributed by atoms with Gasteiger partial charge in [-0.2, -0.15) is 0 Å². The second kappa shape index (κ2) is 15.3. The Morgan fingerprint density at radius 1 is 0.930 bits per heavy atom. The van der Waals surface area contributed by atoms with Gasteiger partial charge in [-0.3, -0.25) is 4.90 Å².